The Hall–Kier alpha value is -0.120. The molecule has 3 nitrogen and oxygen atoms in total. The van der Waals surface area contributed by atoms with E-state index in [9.17, 15) is 0 Å². The van der Waals surface area contributed by atoms with Crippen molar-refractivity contribution >= 4 is 0 Å². The van der Waals surface area contributed by atoms with Gasteiger partial charge in [0, 0.05) is 24.7 Å². The molecule has 1 heterocycles. The number of hydrogen-bond donors (Lipinski definition) is 1. The summed E-state index contributed by atoms with van der Waals surface area (Å²) < 4.78 is 6.02. The Bertz CT molecular complexity index is 263. The number of nitrogens with two attached hydrogens (primary N) is 1. The SMILES string of the molecule is CCCCC(CC)(CN)N1CCOC2CCCCC21. The Kier molecular flexibility index (Phi) is 5.67. The van der Waals surface area contributed by atoms with Crippen LogP contribution in [-0.2, 0) is 4.74 Å². The lowest BCUT2D eigenvalue weighted by Crippen LogP contribution is -2.64. The zero-order chi connectivity index (χ0) is 13.7. The first-order valence-corrected chi connectivity index (χ1v) is 8.36. The fourth-order valence-electron chi connectivity index (χ4n) is 4.08. The first-order chi connectivity index (χ1) is 9.27. The van der Waals surface area contributed by atoms with Crippen molar-refractivity contribution in [2.45, 2.75) is 82.9 Å². The van der Waals surface area contributed by atoms with Crippen LogP contribution in [0.4, 0.5) is 0 Å². The highest BCUT2D eigenvalue weighted by molar-refractivity contribution is 4.99. The van der Waals surface area contributed by atoms with Gasteiger partial charge in [0.05, 0.1) is 12.7 Å². The van der Waals surface area contributed by atoms with Gasteiger partial charge in [0.1, 0.15) is 0 Å². The summed E-state index contributed by atoms with van der Waals surface area (Å²) in [5, 5.41) is 0. The Labute approximate surface area is 118 Å². The predicted molar refractivity (Wildman–Crippen MR) is 80.3 cm³/mol. The fourth-order valence-corrected chi connectivity index (χ4v) is 4.08. The zero-order valence-electron chi connectivity index (χ0n) is 12.9. The number of nitrogens with zero attached hydrogens (tertiary/aromatic N) is 1. The van der Waals surface area contributed by atoms with Crippen LogP contribution in [0.3, 0.4) is 0 Å². The number of morpholine rings is 1. The normalized spacial score (nSPS) is 31.7. The molecule has 3 atom stereocenters. The number of fused-ring (bicyclic) bond motifs is 1. The lowest BCUT2D eigenvalue weighted by molar-refractivity contribution is -0.128. The van der Waals surface area contributed by atoms with E-state index in [4.69, 9.17) is 10.5 Å². The molecule has 2 rings (SSSR count). The van der Waals surface area contributed by atoms with Crippen LogP contribution in [0.25, 0.3) is 0 Å². The van der Waals surface area contributed by atoms with Gasteiger partial charge in [-0.3, -0.25) is 4.90 Å². The molecule has 3 heteroatoms. The molecule has 112 valence electrons. The third-order valence-corrected chi connectivity index (χ3v) is 5.38. The lowest BCUT2D eigenvalue weighted by Gasteiger charge is -2.53. The molecule has 1 saturated carbocycles. The Morgan fingerprint density at radius 3 is 2.74 bits per heavy atom. The predicted octanol–water partition coefficient (Wildman–Crippen LogP) is 2.93. The van der Waals surface area contributed by atoms with Crippen molar-refractivity contribution in [3.05, 3.63) is 0 Å². The minimum absolute atomic E-state index is 0.222. The quantitative estimate of drug-likeness (QED) is 0.805. The van der Waals surface area contributed by atoms with Crippen molar-refractivity contribution in [2.24, 2.45) is 5.73 Å². The van der Waals surface area contributed by atoms with Crippen LogP contribution in [0.15, 0.2) is 0 Å². The van der Waals surface area contributed by atoms with Crippen molar-refractivity contribution in [3.8, 4) is 0 Å². The highest BCUT2D eigenvalue weighted by Gasteiger charge is 2.43. The van der Waals surface area contributed by atoms with E-state index in [1.165, 1.54) is 51.4 Å². The van der Waals surface area contributed by atoms with E-state index in [0.717, 1.165) is 19.7 Å². The first kappa shape index (κ1) is 15.3. The second-order valence-corrected chi connectivity index (χ2v) is 6.34. The van der Waals surface area contributed by atoms with E-state index in [0.29, 0.717) is 12.1 Å². The van der Waals surface area contributed by atoms with Crippen LogP contribution in [-0.4, -0.2) is 42.3 Å². The van der Waals surface area contributed by atoms with Gasteiger partial charge in [-0.25, -0.2) is 0 Å². The molecule has 0 bridgehead atoms. The van der Waals surface area contributed by atoms with Gasteiger partial charge in [-0.2, -0.15) is 0 Å². The molecule has 0 aromatic carbocycles. The molecule has 0 spiro atoms. The van der Waals surface area contributed by atoms with Crippen LogP contribution in [0.2, 0.25) is 0 Å². The molecular formula is C16H32N2O. The van der Waals surface area contributed by atoms with Crippen molar-refractivity contribution < 1.29 is 4.74 Å². The van der Waals surface area contributed by atoms with Crippen molar-refractivity contribution in [2.75, 3.05) is 19.7 Å². The van der Waals surface area contributed by atoms with E-state index in [2.05, 4.69) is 18.7 Å². The van der Waals surface area contributed by atoms with Crippen LogP contribution < -0.4 is 5.73 Å². The average Bonchev–Trinajstić information content (AvgIpc) is 2.49. The molecular weight excluding hydrogens is 236 g/mol. The van der Waals surface area contributed by atoms with Crippen LogP contribution >= 0.6 is 0 Å². The number of hydrogen-bond acceptors (Lipinski definition) is 3. The van der Waals surface area contributed by atoms with Crippen molar-refractivity contribution in [1.29, 1.82) is 0 Å². The molecule has 0 aromatic rings. The monoisotopic (exact) mass is 268 g/mol. The maximum Gasteiger partial charge on any atom is 0.0731 e. The number of ether oxygens (including phenoxy) is 1. The molecule has 3 unspecified atom stereocenters. The molecule has 0 radical (unpaired) electrons. The van der Waals surface area contributed by atoms with Gasteiger partial charge in [-0.05, 0) is 25.7 Å². The summed E-state index contributed by atoms with van der Waals surface area (Å²) in [6.07, 6.45) is 10.7. The lowest BCUT2D eigenvalue weighted by atomic mass is 9.81. The average molecular weight is 268 g/mol. The molecule has 2 fully saturated rings. The summed E-state index contributed by atoms with van der Waals surface area (Å²) in [4.78, 5) is 2.75. The maximum absolute atomic E-state index is 6.23. The van der Waals surface area contributed by atoms with Gasteiger partial charge in [0.25, 0.3) is 0 Å². The van der Waals surface area contributed by atoms with E-state index < -0.39 is 0 Å². The van der Waals surface area contributed by atoms with E-state index in [-0.39, 0.29) is 5.54 Å². The Morgan fingerprint density at radius 1 is 1.26 bits per heavy atom. The third-order valence-electron chi connectivity index (χ3n) is 5.38. The minimum atomic E-state index is 0.222. The first-order valence-electron chi connectivity index (χ1n) is 8.36. The van der Waals surface area contributed by atoms with E-state index in [1.54, 1.807) is 0 Å². The van der Waals surface area contributed by atoms with Gasteiger partial charge >= 0.3 is 0 Å². The Morgan fingerprint density at radius 2 is 2.05 bits per heavy atom. The summed E-state index contributed by atoms with van der Waals surface area (Å²) in [5.74, 6) is 0. The van der Waals surface area contributed by atoms with Gasteiger partial charge in [0.2, 0.25) is 0 Å². The molecule has 1 aliphatic heterocycles. The third kappa shape index (κ3) is 3.14. The summed E-state index contributed by atoms with van der Waals surface area (Å²) in [7, 11) is 0. The Balaban J connectivity index is 2.13. The molecule has 1 aliphatic carbocycles. The summed E-state index contributed by atoms with van der Waals surface area (Å²) in [5.41, 5.74) is 6.45. The number of unbranched alkanes of at least 4 members (excludes halogenated alkanes) is 1. The molecule has 2 N–H and O–H groups in total. The molecule has 0 aromatic heterocycles. The second kappa shape index (κ2) is 7.05. The van der Waals surface area contributed by atoms with Gasteiger partial charge in [-0.1, -0.05) is 39.5 Å². The van der Waals surface area contributed by atoms with Crippen LogP contribution in [0, 0.1) is 0 Å². The highest BCUT2D eigenvalue weighted by Crippen LogP contribution is 2.36. The van der Waals surface area contributed by atoms with Crippen LogP contribution in [0.5, 0.6) is 0 Å². The molecule has 2 aliphatic rings. The van der Waals surface area contributed by atoms with E-state index >= 15 is 0 Å². The summed E-state index contributed by atoms with van der Waals surface area (Å²) in [6, 6.07) is 0.628. The topological polar surface area (TPSA) is 38.5 Å². The van der Waals surface area contributed by atoms with Crippen molar-refractivity contribution in [1.82, 2.24) is 4.90 Å². The van der Waals surface area contributed by atoms with Crippen molar-refractivity contribution in [3.63, 3.8) is 0 Å². The standard InChI is InChI=1S/C16H32N2O/c1-3-5-10-16(4-2,13-17)18-11-12-19-15-9-7-6-8-14(15)18/h14-15H,3-13,17H2,1-2H3. The largest absolute Gasteiger partial charge is 0.375 e. The smallest absolute Gasteiger partial charge is 0.0731 e. The van der Waals surface area contributed by atoms with Gasteiger partial charge in [-0.15, -0.1) is 0 Å². The van der Waals surface area contributed by atoms with Gasteiger partial charge in [0.15, 0.2) is 0 Å². The van der Waals surface area contributed by atoms with Crippen LogP contribution in [0.1, 0.15) is 65.2 Å². The van der Waals surface area contributed by atoms with E-state index in [1.807, 2.05) is 0 Å². The zero-order valence-corrected chi connectivity index (χ0v) is 12.9. The number of rotatable bonds is 6. The maximum atomic E-state index is 6.23. The van der Waals surface area contributed by atoms with Gasteiger partial charge < -0.3 is 10.5 Å². The second-order valence-electron chi connectivity index (χ2n) is 6.34. The summed E-state index contributed by atoms with van der Waals surface area (Å²) >= 11 is 0. The minimum Gasteiger partial charge on any atom is -0.375 e. The summed E-state index contributed by atoms with van der Waals surface area (Å²) in [6.45, 7) is 7.37. The fraction of sp³-hybridized carbons (Fsp3) is 1.00. The molecule has 19 heavy (non-hydrogen) atoms. The highest BCUT2D eigenvalue weighted by atomic mass is 16.5. The molecule has 1 saturated heterocycles. The molecule has 0 amide bonds.